The van der Waals surface area contributed by atoms with Crippen LogP contribution in [0.4, 0.5) is 0 Å². The number of nitrogens with one attached hydrogen (secondary N) is 1. The molecule has 100 valence electrons. The summed E-state index contributed by atoms with van der Waals surface area (Å²) in [5.74, 6) is -0.584. The van der Waals surface area contributed by atoms with Gasteiger partial charge in [0.1, 0.15) is 10.0 Å². The van der Waals surface area contributed by atoms with Gasteiger partial charge in [0.25, 0.3) is 0 Å². The zero-order chi connectivity index (χ0) is 13.5. The molecule has 5 N–H and O–H groups in total. The zero-order valence-electron chi connectivity index (χ0n) is 10.2. The van der Waals surface area contributed by atoms with Crippen LogP contribution in [0.2, 0.25) is 0 Å². The fraction of sp³-hybridized carbons (Fsp3) is 0.600. The van der Waals surface area contributed by atoms with Crippen molar-refractivity contribution < 1.29 is 9.59 Å². The second-order valence-electron chi connectivity index (χ2n) is 3.86. The lowest BCUT2D eigenvalue weighted by Crippen LogP contribution is -2.26. The van der Waals surface area contributed by atoms with Gasteiger partial charge in [-0.05, 0) is 19.4 Å². The number of nitrogens with two attached hydrogens (primary N) is 2. The van der Waals surface area contributed by atoms with E-state index in [2.05, 4.69) is 15.5 Å². The Labute approximate surface area is 109 Å². The molecule has 0 spiro atoms. The van der Waals surface area contributed by atoms with E-state index in [4.69, 9.17) is 11.5 Å². The maximum Gasteiger partial charge on any atom is 0.224 e. The van der Waals surface area contributed by atoms with Crippen LogP contribution >= 0.6 is 11.3 Å². The van der Waals surface area contributed by atoms with E-state index in [0.717, 1.165) is 6.42 Å². The second kappa shape index (κ2) is 7.02. The topological polar surface area (TPSA) is 124 Å². The molecule has 8 heteroatoms. The van der Waals surface area contributed by atoms with Crippen LogP contribution in [0.3, 0.4) is 0 Å². The first-order valence-corrected chi connectivity index (χ1v) is 6.42. The van der Waals surface area contributed by atoms with E-state index in [0.29, 0.717) is 23.0 Å². The van der Waals surface area contributed by atoms with Crippen molar-refractivity contribution in [2.24, 2.45) is 11.5 Å². The molecule has 0 fully saturated rings. The number of carbonyl (C=O) groups excluding carboxylic acids is 2. The van der Waals surface area contributed by atoms with Crippen LogP contribution < -0.4 is 16.8 Å². The summed E-state index contributed by atoms with van der Waals surface area (Å²) in [6, 6.07) is -0.204. The fourth-order valence-electron chi connectivity index (χ4n) is 1.45. The van der Waals surface area contributed by atoms with Gasteiger partial charge in [-0.25, -0.2) is 0 Å². The van der Waals surface area contributed by atoms with Crippen LogP contribution in [-0.4, -0.2) is 28.6 Å². The van der Waals surface area contributed by atoms with Gasteiger partial charge in [0.2, 0.25) is 11.8 Å². The lowest BCUT2D eigenvalue weighted by atomic mass is 10.1. The number of hydrogen-bond acceptors (Lipinski definition) is 6. The summed E-state index contributed by atoms with van der Waals surface area (Å²) < 4.78 is 0. The molecular weight excluding hydrogens is 254 g/mol. The SMILES string of the molecule is CC(=O)NC(CCCN)c1nnc(CC(N)=O)s1. The molecule has 1 heterocycles. The van der Waals surface area contributed by atoms with Crippen molar-refractivity contribution >= 4 is 23.2 Å². The number of nitrogens with zero attached hydrogens (tertiary/aromatic N) is 2. The fourth-order valence-corrected chi connectivity index (χ4v) is 2.39. The van der Waals surface area contributed by atoms with Crippen molar-refractivity contribution in [3.63, 3.8) is 0 Å². The molecule has 1 aromatic rings. The van der Waals surface area contributed by atoms with Crippen LogP contribution in [0.15, 0.2) is 0 Å². The third-order valence-corrected chi connectivity index (χ3v) is 3.22. The van der Waals surface area contributed by atoms with Crippen molar-refractivity contribution in [3.8, 4) is 0 Å². The molecule has 18 heavy (non-hydrogen) atoms. The Morgan fingerprint density at radius 1 is 1.44 bits per heavy atom. The predicted octanol–water partition coefficient (Wildman–Crippen LogP) is -0.518. The summed E-state index contributed by atoms with van der Waals surface area (Å²) in [4.78, 5) is 21.9. The largest absolute Gasteiger partial charge is 0.369 e. The summed E-state index contributed by atoms with van der Waals surface area (Å²) >= 11 is 1.28. The van der Waals surface area contributed by atoms with Gasteiger partial charge >= 0.3 is 0 Å². The smallest absolute Gasteiger partial charge is 0.224 e. The summed E-state index contributed by atoms with van der Waals surface area (Å²) in [7, 11) is 0. The minimum Gasteiger partial charge on any atom is -0.369 e. The third-order valence-electron chi connectivity index (χ3n) is 2.18. The predicted molar refractivity (Wildman–Crippen MR) is 67.7 cm³/mol. The standard InChI is InChI=1S/C10H17N5O2S/c1-6(16)13-7(3-2-4-11)10-15-14-9(18-10)5-8(12)17/h7H,2-5,11H2,1H3,(H2,12,17)(H,13,16). The number of amides is 2. The molecule has 1 aromatic heterocycles. The van der Waals surface area contributed by atoms with Gasteiger partial charge in [0.05, 0.1) is 12.5 Å². The second-order valence-corrected chi connectivity index (χ2v) is 4.95. The number of primary amides is 1. The minimum absolute atomic E-state index is 0.0708. The first-order valence-electron chi connectivity index (χ1n) is 5.60. The first kappa shape index (κ1) is 14.5. The lowest BCUT2D eigenvalue weighted by molar-refractivity contribution is -0.120. The van der Waals surface area contributed by atoms with E-state index in [1.807, 2.05) is 0 Å². The molecule has 0 aliphatic rings. The van der Waals surface area contributed by atoms with E-state index < -0.39 is 5.91 Å². The highest BCUT2D eigenvalue weighted by molar-refractivity contribution is 7.11. The number of hydrogen-bond donors (Lipinski definition) is 3. The van der Waals surface area contributed by atoms with Crippen molar-refractivity contribution in [1.29, 1.82) is 0 Å². The zero-order valence-corrected chi connectivity index (χ0v) is 11.0. The minimum atomic E-state index is -0.448. The molecule has 0 aromatic carbocycles. The van der Waals surface area contributed by atoms with Gasteiger partial charge < -0.3 is 16.8 Å². The molecule has 7 nitrogen and oxygen atoms in total. The van der Waals surface area contributed by atoms with Gasteiger partial charge in [0, 0.05) is 6.92 Å². The highest BCUT2D eigenvalue weighted by Gasteiger charge is 2.17. The third kappa shape index (κ3) is 4.76. The molecule has 2 amide bonds. The average molecular weight is 271 g/mol. The van der Waals surface area contributed by atoms with Gasteiger partial charge in [-0.2, -0.15) is 0 Å². The molecule has 0 radical (unpaired) electrons. The number of carbonyl (C=O) groups is 2. The maximum absolute atomic E-state index is 11.1. The highest BCUT2D eigenvalue weighted by Crippen LogP contribution is 2.22. The summed E-state index contributed by atoms with van der Waals surface area (Å²) in [6.45, 7) is 1.99. The van der Waals surface area contributed by atoms with Gasteiger partial charge in [-0.15, -0.1) is 10.2 Å². The van der Waals surface area contributed by atoms with Gasteiger partial charge in [0.15, 0.2) is 0 Å². The lowest BCUT2D eigenvalue weighted by Gasteiger charge is -2.13. The highest BCUT2D eigenvalue weighted by atomic mass is 32.1. The van der Waals surface area contributed by atoms with Crippen molar-refractivity contribution in [2.75, 3.05) is 6.54 Å². The van der Waals surface area contributed by atoms with Crippen LogP contribution in [0.1, 0.15) is 35.8 Å². The molecule has 1 rings (SSSR count). The van der Waals surface area contributed by atoms with E-state index in [9.17, 15) is 9.59 Å². The molecule has 0 saturated heterocycles. The summed E-state index contributed by atoms with van der Waals surface area (Å²) in [5.41, 5.74) is 10.5. The average Bonchev–Trinajstić information content (AvgIpc) is 2.71. The molecule has 1 unspecified atom stereocenters. The first-order chi connectivity index (χ1) is 8.52. The Bertz CT molecular complexity index is 420. The van der Waals surface area contributed by atoms with Crippen molar-refractivity contribution in [3.05, 3.63) is 10.0 Å². The maximum atomic E-state index is 11.1. The van der Waals surface area contributed by atoms with Crippen LogP contribution in [0.5, 0.6) is 0 Å². The van der Waals surface area contributed by atoms with Crippen LogP contribution in [0.25, 0.3) is 0 Å². The summed E-state index contributed by atoms with van der Waals surface area (Å²) in [5, 5.41) is 11.9. The molecular formula is C10H17N5O2S. The van der Waals surface area contributed by atoms with E-state index in [1.54, 1.807) is 0 Å². The molecule has 0 aliphatic carbocycles. The monoisotopic (exact) mass is 271 g/mol. The number of aromatic nitrogens is 2. The molecule has 1 atom stereocenters. The van der Waals surface area contributed by atoms with Crippen LogP contribution in [0, 0.1) is 0 Å². The van der Waals surface area contributed by atoms with E-state index >= 15 is 0 Å². The van der Waals surface area contributed by atoms with Crippen molar-refractivity contribution in [1.82, 2.24) is 15.5 Å². The number of rotatable bonds is 7. The van der Waals surface area contributed by atoms with Gasteiger partial charge in [-0.1, -0.05) is 11.3 Å². The molecule has 0 bridgehead atoms. The normalized spacial score (nSPS) is 12.1. The van der Waals surface area contributed by atoms with E-state index in [-0.39, 0.29) is 18.4 Å². The Kier molecular flexibility index (Phi) is 5.66. The molecule has 0 aliphatic heterocycles. The summed E-state index contributed by atoms with van der Waals surface area (Å²) in [6.07, 6.45) is 1.54. The van der Waals surface area contributed by atoms with E-state index in [1.165, 1.54) is 18.3 Å². The van der Waals surface area contributed by atoms with Crippen LogP contribution in [-0.2, 0) is 16.0 Å². The van der Waals surface area contributed by atoms with Crippen molar-refractivity contribution in [2.45, 2.75) is 32.2 Å². The Hall–Kier alpha value is -1.54. The quantitative estimate of drug-likeness (QED) is 0.615. The Morgan fingerprint density at radius 3 is 2.72 bits per heavy atom. The Balaban J connectivity index is 2.74. The Morgan fingerprint density at radius 2 is 2.17 bits per heavy atom. The van der Waals surface area contributed by atoms with Gasteiger partial charge in [-0.3, -0.25) is 9.59 Å². The molecule has 0 saturated carbocycles.